The van der Waals surface area contributed by atoms with Gasteiger partial charge in [-0.1, -0.05) is 54.6 Å². The van der Waals surface area contributed by atoms with Crippen molar-refractivity contribution in [2.75, 3.05) is 0 Å². The first-order valence-corrected chi connectivity index (χ1v) is 11.3. The standard InChI is InChI=1S/C25H19N3O2S/c26-31(29,30)22-16-12-20(13-17-22)25-27-23-8-4-5-9-24(23)28(25)21-14-10-19(11-15-21)18-6-2-1-3-7-18/h1-17H,(H2,26,29,30). The SMILES string of the molecule is NS(=O)(=O)c1ccc(-c2nc3ccccc3n2-c2ccc(-c3ccccc3)cc2)cc1. The Kier molecular flexibility index (Phi) is 4.66. The molecule has 31 heavy (non-hydrogen) atoms. The van der Waals surface area contributed by atoms with Gasteiger partial charge in [-0.05, 0) is 59.7 Å². The van der Waals surface area contributed by atoms with Crippen LogP contribution in [-0.2, 0) is 10.0 Å². The van der Waals surface area contributed by atoms with E-state index in [1.807, 2.05) is 42.5 Å². The quantitative estimate of drug-likeness (QED) is 0.440. The second kappa shape index (κ2) is 7.50. The van der Waals surface area contributed by atoms with Crippen LogP contribution in [-0.4, -0.2) is 18.0 Å². The van der Waals surface area contributed by atoms with Gasteiger partial charge in [0.05, 0.1) is 15.9 Å². The van der Waals surface area contributed by atoms with Gasteiger partial charge in [0.15, 0.2) is 0 Å². The van der Waals surface area contributed by atoms with Crippen molar-refractivity contribution >= 4 is 21.1 Å². The average Bonchev–Trinajstić information content (AvgIpc) is 3.19. The van der Waals surface area contributed by atoms with Crippen molar-refractivity contribution in [2.45, 2.75) is 4.90 Å². The zero-order valence-corrected chi connectivity index (χ0v) is 17.3. The van der Waals surface area contributed by atoms with Gasteiger partial charge in [0.25, 0.3) is 0 Å². The lowest BCUT2D eigenvalue weighted by Gasteiger charge is -2.11. The molecule has 0 aliphatic rings. The van der Waals surface area contributed by atoms with Crippen LogP contribution in [0.25, 0.3) is 39.2 Å². The van der Waals surface area contributed by atoms with E-state index in [0.717, 1.165) is 39.2 Å². The van der Waals surface area contributed by atoms with Crippen LogP contribution in [0.15, 0.2) is 108 Å². The molecule has 5 aromatic rings. The minimum Gasteiger partial charge on any atom is -0.292 e. The average molecular weight is 426 g/mol. The lowest BCUT2D eigenvalue weighted by Crippen LogP contribution is -2.11. The van der Waals surface area contributed by atoms with E-state index in [0.29, 0.717) is 0 Å². The Hall–Kier alpha value is -3.74. The van der Waals surface area contributed by atoms with Crippen molar-refractivity contribution in [2.24, 2.45) is 5.14 Å². The molecule has 0 atom stereocenters. The van der Waals surface area contributed by atoms with Gasteiger partial charge in [0.1, 0.15) is 5.82 Å². The summed E-state index contributed by atoms with van der Waals surface area (Å²) in [5.74, 6) is 0.731. The van der Waals surface area contributed by atoms with Crippen LogP contribution in [0.2, 0.25) is 0 Å². The fourth-order valence-corrected chi connectivity index (χ4v) is 4.22. The predicted octanol–water partition coefficient (Wildman–Crippen LogP) is 5.01. The van der Waals surface area contributed by atoms with Gasteiger partial charge in [0.2, 0.25) is 10.0 Å². The number of benzene rings is 4. The maximum Gasteiger partial charge on any atom is 0.238 e. The molecule has 5 rings (SSSR count). The molecule has 0 aliphatic heterocycles. The Bertz CT molecular complexity index is 1470. The molecule has 152 valence electrons. The summed E-state index contributed by atoms with van der Waals surface area (Å²) >= 11 is 0. The molecule has 1 heterocycles. The van der Waals surface area contributed by atoms with E-state index >= 15 is 0 Å². The van der Waals surface area contributed by atoms with Gasteiger partial charge in [-0.2, -0.15) is 0 Å². The Labute approximate surface area is 180 Å². The van der Waals surface area contributed by atoms with Crippen molar-refractivity contribution in [3.8, 4) is 28.2 Å². The van der Waals surface area contributed by atoms with E-state index in [1.54, 1.807) is 12.1 Å². The predicted molar refractivity (Wildman–Crippen MR) is 123 cm³/mol. The van der Waals surface area contributed by atoms with E-state index < -0.39 is 10.0 Å². The maximum absolute atomic E-state index is 11.6. The first-order valence-electron chi connectivity index (χ1n) is 9.77. The normalized spacial score (nSPS) is 11.6. The van der Waals surface area contributed by atoms with E-state index in [2.05, 4.69) is 41.0 Å². The fourth-order valence-electron chi connectivity index (χ4n) is 3.71. The van der Waals surface area contributed by atoms with E-state index in [9.17, 15) is 8.42 Å². The molecule has 1 aromatic heterocycles. The number of primary sulfonamides is 1. The van der Waals surface area contributed by atoms with Gasteiger partial charge in [-0.3, -0.25) is 4.57 Å². The highest BCUT2D eigenvalue weighted by Crippen LogP contribution is 2.30. The summed E-state index contributed by atoms with van der Waals surface area (Å²) in [6, 6.07) is 32.9. The molecule has 0 saturated carbocycles. The largest absolute Gasteiger partial charge is 0.292 e. The van der Waals surface area contributed by atoms with Gasteiger partial charge < -0.3 is 0 Å². The van der Waals surface area contributed by atoms with Crippen molar-refractivity contribution in [1.29, 1.82) is 0 Å². The van der Waals surface area contributed by atoms with Crippen molar-refractivity contribution < 1.29 is 8.42 Å². The van der Waals surface area contributed by atoms with Crippen molar-refractivity contribution in [3.63, 3.8) is 0 Å². The van der Waals surface area contributed by atoms with E-state index in [1.165, 1.54) is 12.1 Å². The second-order valence-electron chi connectivity index (χ2n) is 7.24. The summed E-state index contributed by atoms with van der Waals surface area (Å²) in [5.41, 5.74) is 5.89. The third-order valence-corrected chi connectivity index (χ3v) is 6.16. The number of rotatable bonds is 4. The van der Waals surface area contributed by atoms with Crippen LogP contribution in [0.1, 0.15) is 0 Å². The summed E-state index contributed by atoms with van der Waals surface area (Å²) in [4.78, 5) is 4.89. The number of nitrogens with zero attached hydrogens (tertiary/aromatic N) is 2. The van der Waals surface area contributed by atoms with Gasteiger partial charge >= 0.3 is 0 Å². The molecule has 5 nitrogen and oxygen atoms in total. The zero-order chi connectivity index (χ0) is 21.4. The molecular formula is C25H19N3O2S. The molecule has 4 aromatic carbocycles. The van der Waals surface area contributed by atoms with Gasteiger partial charge in [-0.15, -0.1) is 0 Å². The van der Waals surface area contributed by atoms with Crippen LogP contribution in [0.4, 0.5) is 0 Å². The van der Waals surface area contributed by atoms with Crippen molar-refractivity contribution in [3.05, 3.63) is 103 Å². The molecule has 0 spiro atoms. The van der Waals surface area contributed by atoms with E-state index in [-0.39, 0.29) is 4.90 Å². The number of para-hydroxylation sites is 2. The Morgan fingerprint density at radius 1 is 0.645 bits per heavy atom. The van der Waals surface area contributed by atoms with Crippen LogP contribution in [0.5, 0.6) is 0 Å². The number of hydrogen-bond donors (Lipinski definition) is 1. The molecule has 0 radical (unpaired) electrons. The summed E-state index contributed by atoms with van der Waals surface area (Å²) in [6.45, 7) is 0. The Balaban J connectivity index is 1.65. The Morgan fingerprint density at radius 2 is 1.23 bits per heavy atom. The molecule has 0 saturated heterocycles. The Morgan fingerprint density at radius 3 is 1.90 bits per heavy atom. The first kappa shape index (κ1) is 19.2. The minimum absolute atomic E-state index is 0.0751. The summed E-state index contributed by atoms with van der Waals surface area (Å²) in [7, 11) is -3.75. The smallest absolute Gasteiger partial charge is 0.238 e. The molecular weight excluding hydrogens is 406 g/mol. The summed E-state index contributed by atoms with van der Waals surface area (Å²) < 4.78 is 25.3. The number of sulfonamides is 1. The van der Waals surface area contributed by atoms with Crippen molar-refractivity contribution in [1.82, 2.24) is 9.55 Å². The molecule has 6 heteroatoms. The monoisotopic (exact) mass is 425 g/mol. The van der Waals surface area contributed by atoms with Crippen LogP contribution < -0.4 is 5.14 Å². The van der Waals surface area contributed by atoms with Crippen LogP contribution in [0, 0.1) is 0 Å². The van der Waals surface area contributed by atoms with E-state index in [4.69, 9.17) is 10.1 Å². The van der Waals surface area contributed by atoms with Gasteiger partial charge in [-0.25, -0.2) is 18.5 Å². The number of nitrogens with two attached hydrogens (primary N) is 1. The molecule has 2 N–H and O–H groups in total. The van der Waals surface area contributed by atoms with Gasteiger partial charge in [0, 0.05) is 11.3 Å². The highest BCUT2D eigenvalue weighted by Gasteiger charge is 2.15. The molecule has 0 bridgehead atoms. The highest BCUT2D eigenvalue weighted by molar-refractivity contribution is 7.89. The lowest BCUT2D eigenvalue weighted by atomic mass is 10.1. The maximum atomic E-state index is 11.6. The minimum atomic E-state index is -3.75. The fraction of sp³-hybridized carbons (Fsp3) is 0. The molecule has 0 fully saturated rings. The zero-order valence-electron chi connectivity index (χ0n) is 16.5. The first-order chi connectivity index (χ1) is 15.0. The summed E-state index contributed by atoms with van der Waals surface area (Å²) in [6.07, 6.45) is 0. The molecule has 0 aliphatic carbocycles. The highest BCUT2D eigenvalue weighted by atomic mass is 32.2. The third-order valence-electron chi connectivity index (χ3n) is 5.23. The van der Waals surface area contributed by atoms with Crippen LogP contribution >= 0.6 is 0 Å². The number of aromatic nitrogens is 2. The number of hydrogen-bond acceptors (Lipinski definition) is 3. The third kappa shape index (κ3) is 3.63. The number of fused-ring (bicyclic) bond motifs is 1. The summed E-state index contributed by atoms with van der Waals surface area (Å²) in [5, 5.41) is 5.24. The number of imidazole rings is 1. The second-order valence-corrected chi connectivity index (χ2v) is 8.80. The van der Waals surface area contributed by atoms with Crippen LogP contribution in [0.3, 0.4) is 0 Å². The topological polar surface area (TPSA) is 78.0 Å². The lowest BCUT2D eigenvalue weighted by molar-refractivity contribution is 0.598. The molecule has 0 amide bonds. The molecule has 0 unspecified atom stereocenters.